The molecular weight excluding hydrogens is 380 g/mol. The summed E-state index contributed by atoms with van der Waals surface area (Å²) < 4.78 is 18.2. The summed E-state index contributed by atoms with van der Waals surface area (Å²) in [6.07, 6.45) is 0.177. The molecule has 1 heterocycles. The molecule has 0 aliphatic heterocycles. The van der Waals surface area contributed by atoms with E-state index in [0.29, 0.717) is 22.8 Å². The number of nitrogens with zero attached hydrogens (tertiary/aromatic N) is 2. The van der Waals surface area contributed by atoms with E-state index in [9.17, 15) is 9.59 Å². The molecule has 1 amide bonds. The number of amides is 1. The number of rotatable bonds is 7. The van der Waals surface area contributed by atoms with Gasteiger partial charge < -0.3 is 18.8 Å². The van der Waals surface area contributed by atoms with Crippen molar-refractivity contribution >= 4 is 33.4 Å². The largest absolute Gasteiger partial charge is 0.497 e. The van der Waals surface area contributed by atoms with Crippen LogP contribution in [0.15, 0.2) is 53.5 Å². The average molecular weight is 400 g/mol. The molecule has 0 aliphatic rings. The smallest absolute Gasteiger partial charge is 0.307 e. The Hall–Kier alpha value is -3.13. The number of para-hydroxylation sites is 1. The van der Waals surface area contributed by atoms with Gasteiger partial charge in [0.05, 0.1) is 30.9 Å². The Bertz CT molecular complexity index is 1040. The Morgan fingerprint density at radius 1 is 1.07 bits per heavy atom. The molecule has 0 spiro atoms. The average Bonchev–Trinajstić information content (AvgIpc) is 3.07. The molecule has 0 fully saturated rings. The quantitative estimate of drug-likeness (QED) is 0.570. The van der Waals surface area contributed by atoms with E-state index in [0.717, 1.165) is 10.2 Å². The first-order valence-electron chi connectivity index (χ1n) is 8.60. The minimum absolute atomic E-state index is 0.168. The highest BCUT2D eigenvalue weighted by Crippen LogP contribution is 2.23. The predicted octanol–water partition coefficient (Wildman–Crippen LogP) is 2.78. The molecule has 0 atom stereocenters. The van der Waals surface area contributed by atoms with E-state index in [1.807, 2.05) is 41.0 Å². The molecule has 3 aromatic rings. The molecule has 146 valence electrons. The van der Waals surface area contributed by atoms with Crippen molar-refractivity contribution in [3.8, 4) is 11.5 Å². The summed E-state index contributed by atoms with van der Waals surface area (Å²) in [6, 6.07) is 14.7. The van der Waals surface area contributed by atoms with Gasteiger partial charge in [-0.1, -0.05) is 29.5 Å². The van der Waals surface area contributed by atoms with Gasteiger partial charge in [0, 0.05) is 6.54 Å². The summed E-state index contributed by atoms with van der Waals surface area (Å²) in [5.74, 6) is 0.573. The molecule has 0 aliphatic carbocycles. The van der Waals surface area contributed by atoms with E-state index in [4.69, 9.17) is 14.2 Å². The third kappa shape index (κ3) is 4.77. The number of esters is 1. The van der Waals surface area contributed by atoms with Crippen LogP contribution in [-0.2, 0) is 20.9 Å². The lowest BCUT2D eigenvalue weighted by atomic mass is 10.3. The van der Waals surface area contributed by atoms with Crippen LogP contribution in [0, 0.1) is 0 Å². The second-order valence-electron chi connectivity index (χ2n) is 5.80. The molecule has 0 unspecified atom stereocenters. The maximum atomic E-state index is 12.3. The van der Waals surface area contributed by atoms with Gasteiger partial charge in [-0.05, 0) is 30.3 Å². The fourth-order valence-corrected chi connectivity index (χ4v) is 3.69. The summed E-state index contributed by atoms with van der Waals surface area (Å²) in [7, 11) is 2.94. The molecular formula is C20H20N2O5S. The molecule has 2 aromatic carbocycles. The second-order valence-corrected chi connectivity index (χ2v) is 6.81. The molecule has 0 saturated carbocycles. The fraction of sp³-hybridized carbons (Fsp3) is 0.250. The van der Waals surface area contributed by atoms with Crippen molar-refractivity contribution in [1.82, 2.24) is 4.57 Å². The molecule has 0 radical (unpaired) electrons. The molecule has 0 N–H and O–H groups in total. The highest BCUT2D eigenvalue weighted by molar-refractivity contribution is 7.16. The number of ether oxygens (including phenoxy) is 3. The van der Waals surface area contributed by atoms with Crippen LogP contribution in [0.5, 0.6) is 11.5 Å². The lowest BCUT2D eigenvalue weighted by Crippen LogP contribution is -2.21. The van der Waals surface area contributed by atoms with Crippen molar-refractivity contribution in [2.75, 3.05) is 20.8 Å². The number of fused-ring (bicyclic) bond motifs is 1. The van der Waals surface area contributed by atoms with Gasteiger partial charge in [-0.25, -0.2) is 0 Å². The lowest BCUT2D eigenvalue weighted by Gasteiger charge is -2.05. The van der Waals surface area contributed by atoms with Crippen molar-refractivity contribution in [3.63, 3.8) is 0 Å². The number of aromatic nitrogens is 1. The number of aryl methyl sites for hydroxylation is 1. The summed E-state index contributed by atoms with van der Waals surface area (Å²) >= 11 is 1.35. The number of carbonyl (C=O) groups excluding carboxylic acids is 2. The van der Waals surface area contributed by atoms with Crippen molar-refractivity contribution in [2.45, 2.75) is 13.0 Å². The predicted molar refractivity (Wildman–Crippen MR) is 106 cm³/mol. The Balaban J connectivity index is 1.89. The Labute approximate surface area is 165 Å². The number of hydrogen-bond donors (Lipinski definition) is 0. The van der Waals surface area contributed by atoms with Crippen LogP contribution in [0.4, 0.5) is 0 Å². The minimum atomic E-state index is -0.408. The van der Waals surface area contributed by atoms with Gasteiger partial charge in [0.15, 0.2) is 11.4 Å². The van der Waals surface area contributed by atoms with Gasteiger partial charge in [-0.15, -0.1) is 0 Å². The second kappa shape index (κ2) is 9.18. The van der Waals surface area contributed by atoms with Crippen LogP contribution < -0.4 is 14.3 Å². The topological polar surface area (TPSA) is 79.1 Å². The monoisotopic (exact) mass is 400 g/mol. The zero-order chi connectivity index (χ0) is 19.9. The highest BCUT2D eigenvalue weighted by atomic mass is 32.1. The van der Waals surface area contributed by atoms with Crippen LogP contribution in [0.2, 0.25) is 0 Å². The van der Waals surface area contributed by atoms with E-state index < -0.39 is 5.91 Å². The standard InChI is InChI=1S/C20H20N2O5S/c1-25-15-8-9-16-17(12-15)28-20(22(16)11-10-19(24)26-2)21-18(23)13-27-14-6-4-3-5-7-14/h3-9,12H,10-11,13H2,1-2H3. The van der Waals surface area contributed by atoms with E-state index >= 15 is 0 Å². The first kappa shape index (κ1) is 19.6. The maximum absolute atomic E-state index is 12.3. The number of thiazole rings is 1. The van der Waals surface area contributed by atoms with Crippen molar-refractivity contribution < 1.29 is 23.8 Å². The minimum Gasteiger partial charge on any atom is -0.497 e. The van der Waals surface area contributed by atoms with E-state index in [1.165, 1.54) is 18.4 Å². The molecule has 0 saturated heterocycles. The van der Waals surface area contributed by atoms with E-state index in [-0.39, 0.29) is 19.0 Å². The van der Waals surface area contributed by atoms with Crippen LogP contribution in [0.3, 0.4) is 0 Å². The summed E-state index contributed by atoms with van der Waals surface area (Å²) in [5.41, 5.74) is 0.866. The summed E-state index contributed by atoms with van der Waals surface area (Å²) in [5, 5.41) is 0. The Kier molecular flexibility index (Phi) is 6.44. The van der Waals surface area contributed by atoms with Crippen molar-refractivity contribution in [1.29, 1.82) is 0 Å². The van der Waals surface area contributed by atoms with Crippen molar-refractivity contribution in [2.24, 2.45) is 4.99 Å². The third-order valence-corrected chi connectivity index (χ3v) is 5.02. The number of hydrogen-bond acceptors (Lipinski definition) is 6. The molecule has 7 nitrogen and oxygen atoms in total. The Morgan fingerprint density at radius 3 is 2.57 bits per heavy atom. The number of methoxy groups -OCH3 is 2. The van der Waals surface area contributed by atoms with Gasteiger partial charge in [0.2, 0.25) is 0 Å². The van der Waals surface area contributed by atoms with E-state index in [1.54, 1.807) is 19.2 Å². The number of carbonyl (C=O) groups is 2. The van der Waals surface area contributed by atoms with Crippen LogP contribution in [0.1, 0.15) is 6.42 Å². The Morgan fingerprint density at radius 2 is 1.86 bits per heavy atom. The maximum Gasteiger partial charge on any atom is 0.307 e. The molecule has 8 heteroatoms. The first-order valence-corrected chi connectivity index (χ1v) is 9.42. The zero-order valence-corrected chi connectivity index (χ0v) is 16.4. The summed E-state index contributed by atoms with van der Waals surface area (Å²) in [6.45, 7) is 0.184. The van der Waals surface area contributed by atoms with Gasteiger partial charge >= 0.3 is 5.97 Å². The molecule has 0 bridgehead atoms. The summed E-state index contributed by atoms with van der Waals surface area (Å²) in [4.78, 5) is 28.6. The van der Waals surface area contributed by atoms with Gasteiger partial charge in [0.25, 0.3) is 5.91 Å². The SMILES string of the molecule is COC(=O)CCn1c(=NC(=O)COc2ccccc2)sc2cc(OC)ccc21. The normalized spacial score (nSPS) is 11.4. The lowest BCUT2D eigenvalue weighted by molar-refractivity contribution is -0.140. The molecule has 1 aromatic heterocycles. The highest BCUT2D eigenvalue weighted by Gasteiger charge is 2.11. The number of benzene rings is 2. The van der Waals surface area contributed by atoms with Crippen LogP contribution in [-0.4, -0.2) is 37.3 Å². The molecule has 3 rings (SSSR count). The van der Waals surface area contributed by atoms with Crippen LogP contribution >= 0.6 is 11.3 Å². The van der Waals surface area contributed by atoms with Crippen molar-refractivity contribution in [3.05, 3.63) is 53.3 Å². The van der Waals surface area contributed by atoms with Gasteiger partial charge in [-0.3, -0.25) is 9.59 Å². The zero-order valence-electron chi connectivity index (χ0n) is 15.6. The fourth-order valence-electron chi connectivity index (χ4n) is 2.59. The van der Waals surface area contributed by atoms with Crippen LogP contribution in [0.25, 0.3) is 10.2 Å². The first-order chi connectivity index (χ1) is 13.6. The van der Waals surface area contributed by atoms with Gasteiger partial charge in [-0.2, -0.15) is 4.99 Å². The molecule has 28 heavy (non-hydrogen) atoms. The third-order valence-electron chi connectivity index (χ3n) is 3.98. The van der Waals surface area contributed by atoms with Gasteiger partial charge in [0.1, 0.15) is 11.5 Å². The van der Waals surface area contributed by atoms with E-state index in [2.05, 4.69) is 4.99 Å².